The van der Waals surface area contributed by atoms with Crippen LogP contribution < -0.4 is 16.4 Å². The maximum Gasteiger partial charge on any atom is 0.219 e. The van der Waals surface area contributed by atoms with Gasteiger partial charge in [0.25, 0.3) is 0 Å². The highest BCUT2D eigenvalue weighted by Gasteiger charge is 2.40. The van der Waals surface area contributed by atoms with Gasteiger partial charge < -0.3 is 21.1 Å². The van der Waals surface area contributed by atoms with E-state index in [1.54, 1.807) is 0 Å². The zero-order valence-corrected chi connectivity index (χ0v) is 8.95. The van der Waals surface area contributed by atoms with E-state index >= 15 is 0 Å². The molecule has 4 N–H and O–H groups in total. The van der Waals surface area contributed by atoms with Crippen molar-refractivity contribution in [2.45, 2.75) is 18.9 Å². The van der Waals surface area contributed by atoms with E-state index in [4.69, 9.17) is 22.7 Å². The van der Waals surface area contributed by atoms with Crippen molar-refractivity contribution in [3.8, 4) is 0 Å². The minimum Gasteiger partial charge on any atom is -0.376 e. The molecule has 1 aliphatic heterocycles. The number of amides is 1. The van der Waals surface area contributed by atoms with Crippen molar-refractivity contribution in [1.82, 2.24) is 10.6 Å². The second kappa shape index (κ2) is 4.56. The van der Waals surface area contributed by atoms with Gasteiger partial charge in [0, 0.05) is 6.54 Å². The molecule has 6 heteroatoms. The molecule has 80 valence electrons. The van der Waals surface area contributed by atoms with Crippen LogP contribution in [0.1, 0.15) is 13.3 Å². The van der Waals surface area contributed by atoms with E-state index in [-0.39, 0.29) is 17.9 Å². The summed E-state index contributed by atoms with van der Waals surface area (Å²) in [6.45, 7) is 3.65. The summed E-state index contributed by atoms with van der Waals surface area (Å²) in [5, 5.41) is 6.55. The lowest BCUT2D eigenvalue weighted by Gasteiger charge is -2.42. The van der Waals surface area contributed by atoms with Crippen LogP contribution in [0.2, 0.25) is 0 Å². The third kappa shape index (κ3) is 2.81. The number of hydrogen-bond donors (Lipinski definition) is 3. The second-order valence-electron chi connectivity index (χ2n) is 3.40. The molecule has 0 aromatic heterocycles. The lowest BCUT2D eigenvalue weighted by molar-refractivity contribution is -0.126. The fourth-order valence-corrected chi connectivity index (χ4v) is 1.71. The molecule has 1 saturated heterocycles. The number of ether oxygens (including phenoxy) is 1. The van der Waals surface area contributed by atoms with E-state index in [0.717, 1.165) is 6.54 Å². The summed E-state index contributed by atoms with van der Waals surface area (Å²) in [7, 11) is 0. The molecule has 14 heavy (non-hydrogen) atoms. The third-order valence-corrected chi connectivity index (χ3v) is 2.23. The monoisotopic (exact) mass is 217 g/mol. The predicted octanol–water partition coefficient (Wildman–Crippen LogP) is -0.885. The van der Waals surface area contributed by atoms with E-state index < -0.39 is 0 Å². The van der Waals surface area contributed by atoms with Crippen molar-refractivity contribution in [2.75, 3.05) is 19.8 Å². The molecule has 0 unspecified atom stereocenters. The van der Waals surface area contributed by atoms with Crippen molar-refractivity contribution in [1.29, 1.82) is 0 Å². The zero-order valence-electron chi connectivity index (χ0n) is 8.13. The van der Waals surface area contributed by atoms with E-state index in [0.29, 0.717) is 18.3 Å². The van der Waals surface area contributed by atoms with Crippen LogP contribution in [0.25, 0.3) is 0 Å². The maximum absolute atomic E-state index is 10.8. The van der Waals surface area contributed by atoms with Gasteiger partial charge in [0.1, 0.15) is 0 Å². The molecule has 0 radical (unpaired) electrons. The van der Waals surface area contributed by atoms with Gasteiger partial charge in [0.15, 0.2) is 5.11 Å². The van der Waals surface area contributed by atoms with E-state index in [9.17, 15) is 4.79 Å². The van der Waals surface area contributed by atoms with E-state index in [1.165, 1.54) is 0 Å². The standard InChI is InChI=1S/C8H15N3O2S/c1-2-10-7(14)11-8(3-6(9)12)4-13-5-8/h2-5H2,1H3,(H2,9,12)(H2,10,11,14). The SMILES string of the molecule is CCNC(=S)NC1(CC(N)=O)COC1. The summed E-state index contributed by atoms with van der Waals surface area (Å²) in [6.07, 6.45) is 0.249. The number of carbonyl (C=O) groups excluding carboxylic acids is 1. The molecular formula is C8H15N3O2S. The first-order chi connectivity index (χ1) is 6.58. The maximum atomic E-state index is 10.8. The Morgan fingerprint density at radius 2 is 2.29 bits per heavy atom. The van der Waals surface area contributed by atoms with Gasteiger partial charge in [-0.25, -0.2) is 0 Å². The number of rotatable bonds is 4. The van der Waals surface area contributed by atoms with Crippen LogP contribution in [0.4, 0.5) is 0 Å². The Morgan fingerprint density at radius 1 is 1.64 bits per heavy atom. The largest absolute Gasteiger partial charge is 0.376 e. The lowest BCUT2D eigenvalue weighted by Crippen LogP contribution is -2.65. The number of thiocarbonyl (C=S) groups is 1. The van der Waals surface area contributed by atoms with Crippen LogP contribution >= 0.6 is 12.2 Å². The van der Waals surface area contributed by atoms with Crippen molar-refractivity contribution < 1.29 is 9.53 Å². The van der Waals surface area contributed by atoms with Crippen LogP contribution in [-0.4, -0.2) is 36.3 Å². The van der Waals surface area contributed by atoms with Gasteiger partial charge in [-0.05, 0) is 19.1 Å². The average molecular weight is 217 g/mol. The Bertz CT molecular complexity index is 241. The Hall–Kier alpha value is -0.880. The first-order valence-corrected chi connectivity index (χ1v) is 4.91. The number of primary amides is 1. The number of carbonyl (C=O) groups is 1. The van der Waals surface area contributed by atoms with Gasteiger partial charge in [0.05, 0.1) is 25.2 Å². The molecule has 0 aromatic carbocycles. The van der Waals surface area contributed by atoms with Crippen molar-refractivity contribution in [3.63, 3.8) is 0 Å². The van der Waals surface area contributed by atoms with Gasteiger partial charge in [-0.2, -0.15) is 0 Å². The minimum atomic E-state index is -0.384. The Labute approximate surface area is 88.4 Å². The predicted molar refractivity (Wildman–Crippen MR) is 56.8 cm³/mol. The van der Waals surface area contributed by atoms with Crippen LogP contribution in [0.15, 0.2) is 0 Å². The Kier molecular flexibility index (Phi) is 3.65. The molecule has 0 aliphatic carbocycles. The molecule has 1 rings (SSSR count). The molecule has 0 saturated carbocycles. The summed E-state index contributed by atoms with van der Waals surface area (Å²) in [4.78, 5) is 10.8. The number of nitrogens with two attached hydrogens (primary N) is 1. The van der Waals surface area contributed by atoms with Crippen molar-refractivity contribution in [3.05, 3.63) is 0 Å². The molecule has 1 fully saturated rings. The van der Waals surface area contributed by atoms with Crippen molar-refractivity contribution in [2.24, 2.45) is 5.73 Å². The average Bonchev–Trinajstić information content (AvgIpc) is 1.99. The Balaban J connectivity index is 2.45. The first kappa shape index (κ1) is 11.2. The topological polar surface area (TPSA) is 76.4 Å². The molecule has 0 spiro atoms. The molecule has 0 atom stereocenters. The van der Waals surface area contributed by atoms with Crippen LogP contribution in [0, 0.1) is 0 Å². The van der Waals surface area contributed by atoms with E-state index in [2.05, 4.69) is 10.6 Å². The normalized spacial score (nSPS) is 18.1. The van der Waals surface area contributed by atoms with Gasteiger partial charge in [-0.15, -0.1) is 0 Å². The van der Waals surface area contributed by atoms with Gasteiger partial charge in [0.2, 0.25) is 5.91 Å². The quantitative estimate of drug-likeness (QED) is 0.533. The van der Waals surface area contributed by atoms with E-state index in [1.807, 2.05) is 6.92 Å². The first-order valence-electron chi connectivity index (χ1n) is 4.50. The minimum absolute atomic E-state index is 0.249. The number of nitrogens with one attached hydrogen (secondary N) is 2. The fraction of sp³-hybridized carbons (Fsp3) is 0.750. The van der Waals surface area contributed by atoms with Crippen LogP contribution in [0.3, 0.4) is 0 Å². The summed E-state index contributed by atoms with van der Waals surface area (Å²) in [6, 6.07) is 0. The fourth-order valence-electron chi connectivity index (χ4n) is 1.35. The smallest absolute Gasteiger partial charge is 0.219 e. The highest BCUT2D eigenvalue weighted by atomic mass is 32.1. The molecule has 0 aromatic rings. The Morgan fingerprint density at radius 3 is 2.64 bits per heavy atom. The molecule has 1 aliphatic rings. The van der Waals surface area contributed by atoms with Gasteiger partial charge in [-0.1, -0.05) is 0 Å². The summed E-state index contributed by atoms with van der Waals surface area (Å²) >= 11 is 5.02. The highest BCUT2D eigenvalue weighted by Crippen LogP contribution is 2.20. The molecule has 0 bridgehead atoms. The molecule has 1 amide bonds. The van der Waals surface area contributed by atoms with Crippen LogP contribution in [0.5, 0.6) is 0 Å². The summed E-state index contributed by atoms with van der Waals surface area (Å²) in [5.41, 5.74) is 4.76. The highest BCUT2D eigenvalue weighted by molar-refractivity contribution is 7.80. The zero-order chi connectivity index (χ0) is 10.6. The van der Waals surface area contributed by atoms with Gasteiger partial charge >= 0.3 is 0 Å². The van der Waals surface area contributed by atoms with Crippen molar-refractivity contribution >= 4 is 23.2 Å². The number of hydrogen-bond acceptors (Lipinski definition) is 3. The summed E-state index contributed by atoms with van der Waals surface area (Å²) < 4.78 is 5.06. The third-order valence-electron chi connectivity index (χ3n) is 1.99. The van der Waals surface area contributed by atoms with Gasteiger partial charge in [-0.3, -0.25) is 4.79 Å². The summed E-state index contributed by atoms with van der Waals surface area (Å²) in [5.74, 6) is -0.347. The van der Waals surface area contributed by atoms with Crippen LogP contribution in [-0.2, 0) is 9.53 Å². The molecular weight excluding hydrogens is 202 g/mol. The second-order valence-corrected chi connectivity index (χ2v) is 3.81. The molecule has 5 nitrogen and oxygen atoms in total. The molecule has 1 heterocycles. The lowest BCUT2D eigenvalue weighted by atomic mass is 9.93.